The molecule has 0 fully saturated rings. The van der Waals surface area contributed by atoms with Gasteiger partial charge in [0.25, 0.3) is 0 Å². The van der Waals surface area contributed by atoms with Crippen LogP contribution in [-0.4, -0.2) is 38.4 Å². The molecule has 3 aromatic rings. The van der Waals surface area contributed by atoms with Crippen LogP contribution >= 0.6 is 27.7 Å². The molecule has 0 spiro atoms. The van der Waals surface area contributed by atoms with E-state index >= 15 is 0 Å². The molecule has 27 heavy (non-hydrogen) atoms. The number of carbonyl (C=O) groups is 1. The summed E-state index contributed by atoms with van der Waals surface area (Å²) in [5.41, 5.74) is 3.29. The summed E-state index contributed by atoms with van der Waals surface area (Å²) in [6.45, 7) is 4.55. The van der Waals surface area contributed by atoms with Crippen molar-refractivity contribution in [1.29, 1.82) is 0 Å². The number of halogens is 1. The average Bonchev–Trinajstić information content (AvgIpc) is 3.03. The molecule has 0 aliphatic rings. The highest BCUT2D eigenvalue weighted by molar-refractivity contribution is 9.10. The van der Waals surface area contributed by atoms with E-state index in [1.165, 1.54) is 17.3 Å². The van der Waals surface area contributed by atoms with Gasteiger partial charge in [0.1, 0.15) is 5.82 Å². The van der Waals surface area contributed by atoms with Gasteiger partial charge in [-0.15, -0.1) is 10.2 Å². The molecule has 0 radical (unpaired) electrons. The van der Waals surface area contributed by atoms with Crippen LogP contribution in [0.15, 0.2) is 58.2 Å². The monoisotopic (exact) mass is 444 g/mol. The first-order valence-electron chi connectivity index (χ1n) is 8.54. The van der Waals surface area contributed by atoms with Gasteiger partial charge in [0.05, 0.1) is 5.75 Å². The van der Waals surface area contributed by atoms with Crippen LogP contribution in [0.3, 0.4) is 0 Å². The lowest BCUT2D eigenvalue weighted by molar-refractivity contribution is -0.127. The average molecular weight is 445 g/mol. The second-order valence-corrected chi connectivity index (χ2v) is 8.22. The first kappa shape index (κ1) is 19.6. The van der Waals surface area contributed by atoms with Crippen molar-refractivity contribution >= 4 is 33.6 Å². The highest BCUT2D eigenvalue weighted by atomic mass is 79.9. The van der Waals surface area contributed by atoms with Crippen LogP contribution < -0.4 is 0 Å². The third-order valence-corrected chi connectivity index (χ3v) is 5.61. The van der Waals surface area contributed by atoms with Crippen LogP contribution in [0.2, 0.25) is 0 Å². The van der Waals surface area contributed by atoms with Crippen molar-refractivity contribution in [2.45, 2.75) is 25.5 Å². The predicted molar refractivity (Wildman–Crippen MR) is 112 cm³/mol. The number of carbonyl (C=O) groups excluding carboxylic acids is 1. The summed E-state index contributed by atoms with van der Waals surface area (Å²) in [5, 5.41) is 9.14. The number of rotatable bonds is 6. The van der Waals surface area contributed by atoms with E-state index in [2.05, 4.69) is 45.2 Å². The zero-order chi connectivity index (χ0) is 19.4. The molecule has 5 nitrogen and oxygen atoms in total. The van der Waals surface area contributed by atoms with E-state index < -0.39 is 0 Å². The minimum Gasteiger partial charge on any atom is -0.341 e. The standard InChI is InChI=1S/C20H21BrN4OS/c1-14-4-10-18(11-5-14)25-15(2)22-23-20(25)27-13-19(26)24(3)12-16-6-8-17(21)9-7-16/h4-11H,12-13H2,1-3H3. The maximum absolute atomic E-state index is 12.5. The van der Waals surface area contributed by atoms with Crippen molar-refractivity contribution < 1.29 is 4.79 Å². The molecule has 0 N–H and O–H groups in total. The Morgan fingerprint density at radius 3 is 2.41 bits per heavy atom. The van der Waals surface area contributed by atoms with E-state index in [0.29, 0.717) is 12.3 Å². The third-order valence-electron chi connectivity index (χ3n) is 4.17. The van der Waals surface area contributed by atoms with Crippen LogP contribution in [0.4, 0.5) is 0 Å². The SMILES string of the molecule is Cc1ccc(-n2c(C)nnc2SCC(=O)N(C)Cc2ccc(Br)cc2)cc1. The van der Waals surface area contributed by atoms with Crippen molar-refractivity contribution in [3.8, 4) is 5.69 Å². The fraction of sp³-hybridized carbons (Fsp3) is 0.250. The molecule has 7 heteroatoms. The van der Waals surface area contributed by atoms with Crippen molar-refractivity contribution in [2.75, 3.05) is 12.8 Å². The molecular formula is C20H21BrN4OS. The normalized spacial score (nSPS) is 10.8. The molecule has 0 aliphatic heterocycles. The molecule has 0 atom stereocenters. The molecular weight excluding hydrogens is 424 g/mol. The van der Waals surface area contributed by atoms with E-state index in [1.807, 2.05) is 54.9 Å². The second-order valence-electron chi connectivity index (χ2n) is 6.37. The topological polar surface area (TPSA) is 51.0 Å². The highest BCUT2D eigenvalue weighted by Crippen LogP contribution is 2.22. The number of nitrogens with zero attached hydrogens (tertiary/aromatic N) is 4. The second kappa shape index (κ2) is 8.71. The maximum Gasteiger partial charge on any atom is 0.233 e. The number of thioether (sulfide) groups is 1. The Hall–Kier alpha value is -2.12. The summed E-state index contributed by atoms with van der Waals surface area (Å²) in [5.74, 6) is 1.17. The molecule has 1 heterocycles. The van der Waals surface area contributed by atoms with E-state index in [4.69, 9.17) is 0 Å². The Balaban J connectivity index is 1.65. The van der Waals surface area contributed by atoms with Crippen molar-refractivity contribution in [3.63, 3.8) is 0 Å². The lowest BCUT2D eigenvalue weighted by Gasteiger charge is -2.17. The lowest BCUT2D eigenvalue weighted by atomic mass is 10.2. The summed E-state index contributed by atoms with van der Waals surface area (Å²) >= 11 is 4.83. The Bertz CT molecular complexity index is 922. The Morgan fingerprint density at radius 2 is 1.74 bits per heavy atom. The summed E-state index contributed by atoms with van der Waals surface area (Å²) in [6, 6.07) is 16.2. The van der Waals surface area contributed by atoms with Crippen LogP contribution in [0.1, 0.15) is 17.0 Å². The predicted octanol–water partition coefficient (Wildman–Crippen LogP) is 4.40. The molecule has 0 saturated carbocycles. The van der Waals surface area contributed by atoms with Gasteiger partial charge in [0, 0.05) is 23.8 Å². The van der Waals surface area contributed by atoms with E-state index in [-0.39, 0.29) is 5.91 Å². The Kier molecular flexibility index (Phi) is 6.34. The zero-order valence-electron chi connectivity index (χ0n) is 15.5. The Morgan fingerprint density at radius 1 is 1.07 bits per heavy atom. The van der Waals surface area contributed by atoms with Gasteiger partial charge in [-0.2, -0.15) is 0 Å². The minimum absolute atomic E-state index is 0.0547. The van der Waals surface area contributed by atoms with Gasteiger partial charge in [0.15, 0.2) is 5.16 Å². The van der Waals surface area contributed by atoms with E-state index in [0.717, 1.165) is 26.7 Å². The molecule has 140 valence electrons. The fourth-order valence-corrected chi connectivity index (χ4v) is 3.82. The molecule has 1 aromatic heterocycles. The summed E-state index contributed by atoms with van der Waals surface area (Å²) in [4.78, 5) is 14.3. The molecule has 2 aromatic carbocycles. The molecule has 0 bridgehead atoms. The smallest absolute Gasteiger partial charge is 0.233 e. The van der Waals surface area contributed by atoms with Crippen LogP contribution in [-0.2, 0) is 11.3 Å². The summed E-state index contributed by atoms with van der Waals surface area (Å²) in [6.07, 6.45) is 0. The number of aryl methyl sites for hydroxylation is 2. The van der Waals surface area contributed by atoms with Gasteiger partial charge in [-0.25, -0.2) is 0 Å². The van der Waals surface area contributed by atoms with Crippen molar-refractivity contribution in [2.24, 2.45) is 0 Å². The largest absolute Gasteiger partial charge is 0.341 e. The lowest BCUT2D eigenvalue weighted by Crippen LogP contribution is -2.27. The first-order valence-corrected chi connectivity index (χ1v) is 10.3. The van der Waals surface area contributed by atoms with Gasteiger partial charge in [-0.3, -0.25) is 9.36 Å². The third kappa shape index (κ3) is 4.99. The van der Waals surface area contributed by atoms with Crippen LogP contribution in [0, 0.1) is 13.8 Å². The molecule has 1 amide bonds. The number of benzene rings is 2. The van der Waals surface area contributed by atoms with Crippen LogP contribution in [0.5, 0.6) is 0 Å². The zero-order valence-corrected chi connectivity index (χ0v) is 17.9. The van der Waals surface area contributed by atoms with Crippen molar-refractivity contribution in [1.82, 2.24) is 19.7 Å². The maximum atomic E-state index is 12.5. The molecule has 0 aliphatic carbocycles. The van der Waals surface area contributed by atoms with E-state index in [1.54, 1.807) is 4.90 Å². The molecule has 3 rings (SSSR count). The van der Waals surface area contributed by atoms with Crippen LogP contribution in [0.25, 0.3) is 5.69 Å². The van der Waals surface area contributed by atoms with Crippen molar-refractivity contribution in [3.05, 3.63) is 70.0 Å². The number of amides is 1. The number of aromatic nitrogens is 3. The molecule has 0 saturated heterocycles. The van der Waals surface area contributed by atoms with Gasteiger partial charge >= 0.3 is 0 Å². The summed E-state index contributed by atoms with van der Waals surface area (Å²) < 4.78 is 3.01. The highest BCUT2D eigenvalue weighted by Gasteiger charge is 2.15. The van der Waals surface area contributed by atoms with Gasteiger partial charge < -0.3 is 4.90 Å². The van der Waals surface area contributed by atoms with Gasteiger partial charge in [-0.05, 0) is 43.7 Å². The summed E-state index contributed by atoms with van der Waals surface area (Å²) in [7, 11) is 1.82. The first-order chi connectivity index (χ1) is 12.9. The van der Waals surface area contributed by atoms with Gasteiger partial charge in [0.2, 0.25) is 5.91 Å². The fourth-order valence-electron chi connectivity index (χ4n) is 2.62. The number of hydrogen-bond donors (Lipinski definition) is 0. The van der Waals surface area contributed by atoms with Gasteiger partial charge in [-0.1, -0.05) is 57.5 Å². The minimum atomic E-state index is 0.0547. The molecule has 0 unspecified atom stereocenters. The van der Waals surface area contributed by atoms with E-state index in [9.17, 15) is 4.79 Å². The Labute approximate surface area is 171 Å². The number of hydrogen-bond acceptors (Lipinski definition) is 4. The quantitative estimate of drug-likeness (QED) is 0.528.